The van der Waals surface area contributed by atoms with Gasteiger partial charge in [-0.05, 0) is 72.8 Å². The minimum absolute atomic E-state index is 0.117. The van der Waals surface area contributed by atoms with E-state index in [1.54, 1.807) is 0 Å². The van der Waals surface area contributed by atoms with Crippen molar-refractivity contribution < 1.29 is 29.2 Å². The number of nitrogens with one attached hydrogen (secondary N) is 2. The van der Waals surface area contributed by atoms with Crippen molar-refractivity contribution in [3.8, 4) is 11.5 Å². The van der Waals surface area contributed by atoms with Gasteiger partial charge in [0, 0.05) is 22.7 Å². The van der Waals surface area contributed by atoms with E-state index >= 15 is 0 Å². The summed E-state index contributed by atoms with van der Waals surface area (Å²) in [6.45, 7) is 1.06. The first-order valence-electron chi connectivity index (χ1n) is 13.3. The van der Waals surface area contributed by atoms with E-state index in [2.05, 4.69) is 10.6 Å². The molecule has 0 aliphatic heterocycles. The normalized spacial score (nSPS) is 12.3. The van der Waals surface area contributed by atoms with Crippen LogP contribution in [0.25, 0.3) is 0 Å². The molecule has 0 radical (unpaired) electrons. The van der Waals surface area contributed by atoms with Crippen LogP contribution in [0.2, 0.25) is 0 Å². The zero-order valence-electron chi connectivity index (χ0n) is 22.3. The summed E-state index contributed by atoms with van der Waals surface area (Å²) >= 11 is 0. The fourth-order valence-corrected chi connectivity index (χ4v) is 3.68. The van der Waals surface area contributed by atoms with Crippen molar-refractivity contribution in [3.05, 3.63) is 109 Å². The summed E-state index contributed by atoms with van der Waals surface area (Å²) in [6, 6.07) is 34.9. The Balaban J connectivity index is 1.01. The third-order valence-corrected chi connectivity index (χ3v) is 5.71. The van der Waals surface area contributed by atoms with Crippen LogP contribution in [0.15, 0.2) is 109 Å². The molecule has 4 rings (SSSR count). The van der Waals surface area contributed by atoms with E-state index in [9.17, 15) is 10.2 Å². The predicted molar refractivity (Wildman–Crippen MR) is 157 cm³/mol. The smallest absolute Gasteiger partial charge is 0.119 e. The van der Waals surface area contributed by atoms with Crippen LogP contribution in [0.3, 0.4) is 0 Å². The third-order valence-electron chi connectivity index (χ3n) is 5.71. The van der Waals surface area contributed by atoms with Gasteiger partial charge in [-0.15, -0.1) is 0 Å². The van der Waals surface area contributed by atoms with Crippen LogP contribution >= 0.6 is 0 Å². The number of aliphatic hydroxyl groups excluding tert-OH is 2. The number of rotatable bonds is 17. The molecule has 40 heavy (non-hydrogen) atoms. The zero-order chi connectivity index (χ0) is 27.8. The van der Waals surface area contributed by atoms with Gasteiger partial charge in [0.15, 0.2) is 0 Å². The molecule has 0 amide bonds. The molecule has 0 aliphatic rings. The highest BCUT2D eigenvalue weighted by Gasteiger charge is 2.08. The number of ether oxygens (including phenoxy) is 4. The molecule has 0 heterocycles. The third kappa shape index (κ3) is 10.6. The van der Waals surface area contributed by atoms with Gasteiger partial charge in [-0.25, -0.2) is 0 Å². The molecule has 4 aromatic rings. The number of hydrogen-bond acceptors (Lipinski definition) is 8. The fourth-order valence-electron chi connectivity index (χ4n) is 3.68. The molecule has 0 saturated carbocycles. The summed E-state index contributed by atoms with van der Waals surface area (Å²) in [7, 11) is 0. The summed E-state index contributed by atoms with van der Waals surface area (Å²) in [5, 5.41) is 26.8. The number of aliphatic hydroxyl groups is 2. The van der Waals surface area contributed by atoms with Gasteiger partial charge in [0.25, 0.3) is 0 Å². The highest BCUT2D eigenvalue weighted by molar-refractivity contribution is 5.61. The predicted octanol–water partition coefficient (Wildman–Crippen LogP) is 5.39. The Bertz CT molecular complexity index is 1130. The Morgan fingerprint density at radius 3 is 1.18 bits per heavy atom. The van der Waals surface area contributed by atoms with Crippen LogP contribution in [0.4, 0.5) is 22.7 Å². The summed E-state index contributed by atoms with van der Waals surface area (Å²) in [5.74, 6) is 1.33. The second-order valence-electron chi connectivity index (χ2n) is 9.11. The molecule has 4 N–H and O–H groups in total. The summed E-state index contributed by atoms with van der Waals surface area (Å²) in [6.07, 6.45) is -1.54. The number of hydrogen-bond donors (Lipinski definition) is 4. The zero-order valence-corrected chi connectivity index (χ0v) is 22.3. The van der Waals surface area contributed by atoms with Crippen molar-refractivity contribution in [1.82, 2.24) is 0 Å². The van der Waals surface area contributed by atoms with Crippen LogP contribution in [0, 0.1) is 0 Å². The number of para-hydroxylation sites is 2. The standard InChI is InChI=1S/C32H36N2O6/c35-29(23-39-31-15-11-27(12-16-31)33-25-7-3-1-4-8-25)21-37-19-20-38-22-30(36)24-40-32-17-13-28(14-18-32)34-26-9-5-2-6-10-26/h1-18,29-30,33-36H,19-24H2. The van der Waals surface area contributed by atoms with Crippen LogP contribution in [0.5, 0.6) is 11.5 Å². The molecule has 0 fully saturated rings. The average Bonchev–Trinajstić information content (AvgIpc) is 2.99. The van der Waals surface area contributed by atoms with E-state index in [1.165, 1.54) is 0 Å². The van der Waals surface area contributed by atoms with Crippen molar-refractivity contribution >= 4 is 22.7 Å². The van der Waals surface area contributed by atoms with E-state index in [4.69, 9.17) is 18.9 Å². The van der Waals surface area contributed by atoms with Gasteiger partial charge >= 0.3 is 0 Å². The first-order chi connectivity index (χ1) is 19.6. The second-order valence-corrected chi connectivity index (χ2v) is 9.11. The Morgan fingerprint density at radius 2 is 0.800 bits per heavy atom. The van der Waals surface area contributed by atoms with E-state index < -0.39 is 12.2 Å². The van der Waals surface area contributed by atoms with Crippen molar-refractivity contribution in [2.24, 2.45) is 0 Å². The fraction of sp³-hybridized carbons (Fsp3) is 0.250. The molecule has 8 heteroatoms. The summed E-state index contributed by atoms with van der Waals surface area (Å²) in [4.78, 5) is 0. The molecule has 4 aromatic carbocycles. The Kier molecular flexibility index (Phi) is 11.7. The topological polar surface area (TPSA) is 101 Å². The minimum Gasteiger partial charge on any atom is -0.491 e. The largest absolute Gasteiger partial charge is 0.491 e. The van der Waals surface area contributed by atoms with Crippen molar-refractivity contribution in [1.29, 1.82) is 0 Å². The van der Waals surface area contributed by atoms with Crippen LogP contribution in [0.1, 0.15) is 0 Å². The molecule has 0 saturated heterocycles. The van der Waals surface area contributed by atoms with Crippen LogP contribution in [-0.2, 0) is 9.47 Å². The molecule has 0 aliphatic carbocycles. The Labute approximate surface area is 235 Å². The molecule has 0 spiro atoms. The first kappa shape index (κ1) is 28.9. The lowest BCUT2D eigenvalue weighted by Crippen LogP contribution is -2.26. The lowest BCUT2D eigenvalue weighted by molar-refractivity contribution is -0.0316. The second kappa shape index (κ2) is 16.1. The highest BCUT2D eigenvalue weighted by atomic mass is 16.5. The van der Waals surface area contributed by atoms with Crippen molar-refractivity contribution in [2.75, 3.05) is 50.3 Å². The lowest BCUT2D eigenvalue weighted by atomic mass is 10.2. The van der Waals surface area contributed by atoms with Gasteiger partial charge in [-0.1, -0.05) is 36.4 Å². The van der Waals surface area contributed by atoms with Gasteiger partial charge in [0.1, 0.15) is 36.9 Å². The number of benzene rings is 4. The van der Waals surface area contributed by atoms with E-state index in [-0.39, 0.29) is 26.4 Å². The van der Waals surface area contributed by atoms with Crippen molar-refractivity contribution in [3.63, 3.8) is 0 Å². The molecule has 2 atom stereocenters. The summed E-state index contributed by atoms with van der Waals surface area (Å²) in [5.41, 5.74) is 3.91. The molecule has 8 nitrogen and oxygen atoms in total. The van der Waals surface area contributed by atoms with Gasteiger partial charge in [0.2, 0.25) is 0 Å². The SMILES string of the molecule is OC(COCCOCC(O)COc1ccc(Nc2ccccc2)cc1)COc1ccc(Nc2ccccc2)cc1. The van der Waals surface area contributed by atoms with Crippen LogP contribution < -0.4 is 20.1 Å². The quantitative estimate of drug-likeness (QED) is 0.131. The van der Waals surface area contributed by atoms with E-state index in [0.29, 0.717) is 24.7 Å². The maximum Gasteiger partial charge on any atom is 0.119 e. The van der Waals surface area contributed by atoms with Gasteiger partial charge in [-0.2, -0.15) is 0 Å². The number of anilines is 4. The van der Waals surface area contributed by atoms with Gasteiger partial charge in [-0.3, -0.25) is 0 Å². The first-order valence-corrected chi connectivity index (χ1v) is 13.3. The Morgan fingerprint density at radius 1 is 0.450 bits per heavy atom. The molecule has 210 valence electrons. The van der Waals surface area contributed by atoms with Gasteiger partial charge < -0.3 is 39.8 Å². The van der Waals surface area contributed by atoms with Gasteiger partial charge in [0.05, 0.1) is 26.4 Å². The van der Waals surface area contributed by atoms with Crippen molar-refractivity contribution in [2.45, 2.75) is 12.2 Å². The molecular formula is C32H36N2O6. The molecular weight excluding hydrogens is 508 g/mol. The van der Waals surface area contributed by atoms with Crippen LogP contribution in [-0.4, -0.2) is 62.1 Å². The molecule has 0 aromatic heterocycles. The monoisotopic (exact) mass is 544 g/mol. The van der Waals surface area contributed by atoms with E-state index in [1.807, 2.05) is 109 Å². The molecule has 2 unspecified atom stereocenters. The lowest BCUT2D eigenvalue weighted by Gasteiger charge is -2.15. The average molecular weight is 545 g/mol. The minimum atomic E-state index is -0.768. The maximum absolute atomic E-state index is 10.1. The van der Waals surface area contributed by atoms with E-state index in [0.717, 1.165) is 22.7 Å². The molecule has 0 bridgehead atoms. The summed E-state index contributed by atoms with van der Waals surface area (Å²) < 4.78 is 22.2. The maximum atomic E-state index is 10.1. The highest BCUT2D eigenvalue weighted by Crippen LogP contribution is 2.21. The Hall–Kier alpha value is -4.08.